The van der Waals surface area contributed by atoms with Crippen molar-refractivity contribution in [2.75, 3.05) is 13.2 Å². The van der Waals surface area contributed by atoms with E-state index in [4.69, 9.17) is 4.74 Å². The van der Waals surface area contributed by atoms with Crippen molar-refractivity contribution in [2.45, 2.75) is 35.3 Å². The summed E-state index contributed by atoms with van der Waals surface area (Å²) in [7, 11) is 0. The van der Waals surface area contributed by atoms with Gasteiger partial charge in [0.15, 0.2) is 0 Å². The number of hydrogen-bond acceptors (Lipinski definition) is 1. The van der Waals surface area contributed by atoms with Crippen molar-refractivity contribution in [3.63, 3.8) is 0 Å². The van der Waals surface area contributed by atoms with Crippen LogP contribution in [0.25, 0.3) is 0 Å². The Morgan fingerprint density at radius 1 is 0.652 bits per heavy atom. The van der Waals surface area contributed by atoms with Crippen LogP contribution in [0.3, 0.4) is 0 Å². The molecule has 0 radical (unpaired) electrons. The van der Waals surface area contributed by atoms with Crippen LogP contribution in [-0.4, -0.2) is 22.9 Å². The second-order valence-electron chi connectivity index (χ2n) is 5.76. The first-order valence-electron chi connectivity index (χ1n) is 8.18. The third kappa shape index (κ3) is 8.14. The maximum absolute atomic E-state index is 5.79. The number of benzene rings is 2. The zero-order chi connectivity index (χ0) is 16.3. The van der Waals surface area contributed by atoms with E-state index < -0.39 is 0 Å². The van der Waals surface area contributed by atoms with Gasteiger partial charge in [-0.05, 0) is 36.8 Å². The first-order chi connectivity index (χ1) is 11.2. The van der Waals surface area contributed by atoms with Crippen LogP contribution in [0.1, 0.15) is 24.0 Å². The highest BCUT2D eigenvalue weighted by Gasteiger charge is 2.07. The summed E-state index contributed by atoms with van der Waals surface area (Å²) >= 11 is 7.50. The van der Waals surface area contributed by atoms with Gasteiger partial charge in [-0.1, -0.05) is 92.5 Å². The highest BCUT2D eigenvalue weighted by Crippen LogP contribution is 2.15. The second-order valence-corrected chi connectivity index (χ2v) is 8.35. The Hall–Kier alpha value is -0.640. The van der Waals surface area contributed by atoms with Crippen LogP contribution in [0.4, 0.5) is 0 Å². The fourth-order valence-electron chi connectivity index (χ4n) is 2.47. The molecule has 0 saturated heterocycles. The molecule has 2 aromatic carbocycles. The molecule has 0 bridgehead atoms. The zero-order valence-electron chi connectivity index (χ0n) is 13.3. The SMILES string of the molecule is Br[C@H](CCOCC[C@@H](Br)Cc1ccccc1)Cc1ccccc1. The summed E-state index contributed by atoms with van der Waals surface area (Å²) in [6.07, 6.45) is 4.19. The van der Waals surface area contributed by atoms with Crippen molar-refractivity contribution in [3.05, 3.63) is 71.8 Å². The van der Waals surface area contributed by atoms with Crippen molar-refractivity contribution in [1.82, 2.24) is 0 Å². The van der Waals surface area contributed by atoms with Crippen LogP contribution in [-0.2, 0) is 17.6 Å². The summed E-state index contributed by atoms with van der Waals surface area (Å²) < 4.78 is 5.79. The minimum absolute atomic E-state index is 0.481. The Labute approximate surface area is 156 Å². The van der Waals surface area contributed by atoms with Gasteiger partial charge >= 0.3 is 0 Å². The lowest BCUT2D eigenvalue weighted by atomic mass is 10.1. The molecule has 0 fully saturated rings. The summed E-state index contributed by atoms with van der Waals surface area (Å²) in [6.45, 7) is 1.63. The van der Waals surface area contributed by atoms with E-state index in [1.165, 1.54) is 11.1 Å². The normalized spacial score (nSPS) is 13.7. The maximum Gasteiger partial charge on any atom is 0.0476 e. The van der Waals surface area contributed by atoms with Gasteiger partial charge in [0.2, 0.25) is 0 Å². The van der Waals surface area contributed by atoms with Crippen molar-refractivity contribution >= 4 is 31.9 Å². The molecule has 3 heteroatoms. The first kappa shape index (κ1) is 18.7. The van der Waals surface area contributed by atoms with Crippen LogP contribution in [0.5, 0.6) is 0 Å². The molecule has 23 heavy (non-hydrogen) atoms. The number of ether oxygens (including phenoxy) is 1. The summed E-state index contributed by atoms with van der Waals surface area (Å²) in [5, 5.41) is 0. The zero-order valence-corrected chi connectivity index (χ0v) is 16.5. The summed E-state index contributed by atoms with van der Waals surface area (Å²) in [5.74, 6) is 0. The van der Waals surface area contributed by atoms with E-state index in [2.05, 4.69) is 92.5 Å². The van der Waals surface area contributed by atoms with E-state index >= 15 is 0 Å². The second kappa shape index (κ2) is 11.0. The van der Waals surface area contributed by atoms with E-state index in [-0.39, 0.29) is 0 Å². The molecule has 2 rings (SSSR count). The van der Waals surface area contributed by atoms with E-state index in [0.29, 0.717) is 9.65 Å². The smallest absolute Gasteiger partial charge is 0.0476 e. The number of alkyl halides is 2. The molecule has 0 N–H and O–H groups in total. The predicted molar refractivity (Wildman–Crippen MR) is 106 cm³/mol. The van der Waals surface area contributed by atoms with Gasteiger partial charge in [0.05, 0.1) is 0 Å². The Kier molecular flexibility index (Phi) is 8.95. The lowest BCUT2D eigenvalue weighted by molar-refractivity contribution is 0.129. The number of rotatable bonds is 10. The molecule has 0 aliphatic rings. The highest BCUT2D eigenvalue weighted by atomic mass is 79.9. The van der Waals surface area contributed by atoms with Crippen LogP contribution >= 0.6 is 31.9 Å². The van der Waals surface area contributed by atoms with Gasteiger partial charge in [0, 0.05) is 22.9 Å². The van der Waals surface area contributed by atoms with E-state index in [9.17, 15) is 0 Å². The molecule has 0 amide bonds. The number of hydrogen-bond donors (Lipinski definition) is 0. The molecular formula is C20H24Br2O. The third-order valence-corrected chi connectivity index (χ3v) is 5.31. The molecule has 0 aliphatic heterocycles. The molecule has 0 aromatic heterocycles. The van der Waals surface area contributed by atoms with Crippen LogP contribution in [0.2, 0.25) is 0 Å². The predicted octanol–water partition coefficient (Wildman–Crippen LogP) is 5.80. The topological polar surface area (TPSA) is 9.23 Å². The first-order valence-corrected chi connectivity index (χ1v) is 10.0. The fraction of sp³-hybridized carbons (Fsp3) is 0.400. The van der Waals surface area contributed by atoms with Crippen molar-refractivity contribution in [2.24, 2.45) is 0 Å². The summed E-state index contributed by atoms with van der Waals surface area (Å²) in [5.41, 5.74) is 2.75. The Morgan fingerprint density at radius 2 is 1.04 bits per heavy atom. The Balaban J connectivity index is 1.53. The minimum atomic E-state index is 0.481. The Bertz CT molecular complexity index is 480. The van der Waals surface area contributed by atoms with E-state index in [0.717, 1.165) is 38.9 Å². The van der Waals surface area contributed by atoms with Crippen LogP contribution < -0.4 is 0 Å². The molecular weight excluding hydrogens is 416 g/mol. The molecule has 0 spiro atoms. The molecule has 0 heterocycles. The summed E-state index contributed by atoms with van der Waals surface area (Å²) in [4.78, 5) is 0.961. The van der Waals surface area contributed by atoms with E-state index in [1.807, 2.05) is 0 Å². The third-order valence-electron chi connectivity index (χ3n) is 3.75. The Morgan fingerprint density at radius 3 is 1.43 bits per heavy atom. The molecule has 2 aromatic rings. The van der Waals surface area contributed by atoms with Gasteiger partial charge in [0.1, 0.15) is 0 Å². The molecule has 124 valence electrons. The monoisotopic (exact) mass is 438 g/mol. The van der Waals surface area contributed by atoms with Gasteiger partial charge in [0.25, 0.3) is 0 Å². The summed E-state index contributed by atoms with van der Waals surface area (Å²) in [6, 6.07) is 21.2. The molecule has 0 unspecified atom stereocenters. The molecule has 2 atom stereocenters. The van der Waals surface area contributed by atoms with Crippen molar-refractivity contribution in [1.29, 1.82) is 0 Å². The van der Waals surface area contributed by atoms with E-state index in [1.54, 1.807) is 0 Å². The molecule has 0 aliphatic carbocycles. The quantitative estimate of drug-likeness (QED) is 0.336. The maximum atomic E-state index is 5.79. The van der Waals surface area contributed by atoms with Crippen molar-refractivity contribution < 1.29 is 4.74 Å². The average Bonchev–Trinajstić information content (AvgIpc) is 2.56. The molecule has 0 saturated carbocycles. The fourth-order valence-corrected chi connectivity index (χ4v) is 3.59. The minimum Gasteiger partial charge on any atom is -0.381 e. The van der Waals surface area contributed by atoms with Gasteiger partial charge < -0.3 is 4.74 Å². The lowest BCUT2D eigenvalue weighted by Crippen LogP contribution is -2.11. The average molecular weight is 440 g/mol. The highest BCUT2D eigenvalue weighted by molar-refractivity contribution is 9.09. The lowest BCUT2D eigenvalue weighted by Gasteiger charge is -2.12. The largest absolute Gasteiger partial charge is 0.381 e. The standard InChI is InChI=1S/C20H24Br2O/c21-19(15-17-7-3-1-4-8-17)11-13-23-14-12-20(22)16-18-9-5-2-6-10-18/h1-10,19-20H,11-16H2/t19-,20-/m1/s1. The van der Waals surface area contributed by atoms with Crippen molar-refractivity contribution in [3.8, 4) is 0 Å². The van der Waals surface area contributed by atoms with Gasteiger partial charge in [-0.3, -0.25) is 0 Å². The molecule has 1 nitrogen and oxygen atoms in total. The van der Waals surface area contributed by atoms with Crippen LogP contribution in [0, 0.1) is 0 Å². The van der Waals surface area contributed by atoms with Gasteiger partial charge in [-0.25, -0.2) is 0 Å². The van der Waals surface area contributed by atoms with Gasteiger partial charge in [-0.2, -0.15) is 0 Å². The van der Waals surface area contributed by atoms with Gasteiger partial charge in [-0.15, -0.1) is 0 Å². The van der Waals surface area contributed by atoms with Crippen LogP contribution in [0.15, 0.2) is 60.7 Å². The number of halogens is 2.